The van der Waals surface area contributed by atoms with Crippen LogP contribution in [0.5, 0.6) is 0 Å². The van der Waals surface area contributed by atoms with E-state index >= 15 is 0 Å². The fraction of sp³-hybridized carbons (Fsp3) is 0.350. The van der Waals surface area contributed by atoms with Crippen LogP contribution in [0.2, 0.25) is 0 Å². The van der Waals surface area contributed by atoms with E-state index in [1.165, 1.54) is 25.0 Å². The number of benzene rings is 1. The number of carbonyl (C=O) groups excluding carboxylic acids is 1. The molecule has 2 aliphatic rings. The average Bonchev–Trinajstić information content (AvgIpc) is 3.53. The van der Waals surface area contributed by atoms with Crippen LogP contribution >= 0.6 is 0 Å². The van der Waals surface area contributed by atoms with Crippen molar-refractivity contribution in [3.63, 3.8) is 0 Å². The maximum atomic E-state index is 12.9. The third kappa shape index (κ3) is 3.90. The Morgan fingerprint density at radius 2 is 1.73 bits per heavy atom. The minimum Gasteiger partial charge on any atom is -0.352 e. The first-order valence-corrected chi connectivity index (χ1v) is 9.00. The van der Waals surface area contributed by atoms with Gasteiger partial charge in [-0.25, -0.2) is 4.39 Å². The van der Waals surface area contributed by atoms with E-state index < -0.39 is 0 Å². The molecular weight excluding hydrogens is 331 g/mol. The van der Waals surface area contributed by atoms with Crippen LogP contribution < -0.4 is 4.90 Å². The number of nitrogens with zero attached hydrogens (tertiary/aromatic N) is 4. The standard InChI is InChI=1S/C20H21FN4O/c21-17-6-1-15(2-7-17)3-10-20(26)25-13-11-24(12-14-25)19-9-8-18(22-23-19)16-4-5-16/h1-3,6-10,16H,4-5,11-14H2/b10-3+. The fourth-order valence-electron chi connectivity index (χ4n) is 3.10. The minimum atomic E-state index is -0.280. The van der Waals surface area contributed by atoms with Crippen LogP contribution in [0, 0.1) is 5.82 Å². The SMILES string of the molecule is O=C(/C=C/c1ccc(F)cc1)N1CCN(c2ccc(C3CC3)nn2)CC1. The number of hydrogen-bond donors (Lipinski definition) is 0. The molecule has 2 heterocycles. The van der Waals surface area contributed by atoms with Crippen LogP contribution in [0.25, 0.3) is 6.08 Å². The largest absolute Gasteiger partial charge is 0.352 e. The van der Waals surface area contributed by atoms with Gasteiger partial charge in [-0.3, -0.25) is 4.79 Å². The van der Waals surface area contributed by atoms with Gasteiger partial charge in [0.15, 0.2) is 5.82 Å². The summed E-state index contributed by atoms with van der Waals surface area (Å²) in [6, 6.07) is 10.2. The van der Waals surface area contributed by atoms with E-state index in [2.05, 4.69) is 21.2 Å². The number of rotatable bonds is 4. The van der Waals surface area contributed by atoms with Crippen molar-refractivity contribution in [3.8, 4) is 0 Å². The maximum absolute atomic E-state index is 12.9. The number of anilines is 1. The number of hydrogen-bond acceptors (Lipinski definition) is 4. The summed E-state index contributed by atoms with van der Waals surface area (Å²) in [6.07, 6.45) is 5.71. The van der Waals surface area contributed by atoms with Gasteiger partial charge in [-0.15, -0.1) is 5.10 Å². The lowest BCUT2D eigenvalue weighted by Crippen LogP contribution is -2.48. The van der Waals surface area contributed by atoms with Crippen molar-refractivity contribution in [2.75, 3.05) is 31.1 Å². The molecule has 1 saturated carbocycles. The molecule has 0 N–H and O–H groups in total. The van der Waals surface area contributed by atoms with Crippen molar-refractivity contribution < 1.29 is 9.18 Å². The zero-order chi connectivity index (χ0) is 17.9. The Labute approximate surface area is 152 Å². The molecule has 4 rings (SSSR count). The van der Waals surface area contributed by atoms with Gasteiger partial charge in [0.25, 0.3) is 0 Å². The van der Waals surface area contributed by atoms with E-state index in [1.54, 1.807) is 24.3 Å². The highest BCUT2D eigenvalue weighted by Crippen LogP contribution is 2.38. The van der Waals surface area contributed by atoms with Gasteiger partial charge < -0.3 is 9.80 Å². The van der Waals surface area contributed by atoms with E-state index in [0.717, 1.165) is 30.2 Å². The third-order valence-corrected chi connectivity index (χ3v) is 4.87. The van der Waals surface area contributed by atoms with Gasteiger partial charge in [0.05, 0.1) is 5.69 Å². The Bertz CT molecular complexity index is 792. The topological polar surface area (TPSA) is 49.3 Å². The van der Waals surface area contributed by atoms with Gasteiger partial charge in [0.2, 0.25) is 5.91 Å². The van der Waals surface area contributed by atoms with Crippen molar-refractivity contribution in [3.05, 3.63) is 59.5 Å². The summed E-state index contributed by atoms with van der Waals surface area (Å²) in [4.78, 5) is 16.3. The Kier molecular flexibility index (Phi) is 4.65. The first-order valence-electron chi connectivity index (χ1n) is 9.00. The molecule has 0 radical (unpaired) electrons. The van der Waals surface area contributed by atoms with Crippen molar-refractivity contribution in [2.24, 2.45) is 0 Å². The van der Waals surface area contributed by atoms with E-state index in [9.17, 15) is 9.18 Å². The predicted molar refractivity (Wildman–Crippen MR) is 98.2 cm³/mol. The third-order valence-electron chi connectivity index (χ3n) is 4.87. The van der Waals surface area contributed by atoms with Crippen LogP contribution in [0.15, 0.2) is 42.5 Å². The highest BCUT2D eigenvalue weighted by molar-refractivity contribution is 5.91. The Morgan fingerprint density at radius 1 is 1.00 bits per heavy atom. The number of piperazine rings is 1. The molecule has 1 saturated heterocycles. The van der Waals surface area contributed by atoms with Crippen molar-refractivity contribution >= 4 is 17.8 Å². The smallest absolute Gasteiger partial charge is 0.246 e. The van der Waals surface area contributed by atoms with Gasteiger partial charge in [0.1, 0.15) is 5.82 Å². The van der Waals surface area contributed by atoms with Gasteiger partial charge in [-0.2, -0.15) is 5.10 Å². The summed E-state index contributed by atoms with van der Waals surface area (Å²) < 4.78 is 12.9. The Hall–Kier alpha value is -2.76. The number of halogens is 1. The number of amides is 1. The molecule has 0 bridgehead atoms. The van der Waals surface area contributed by atoms with Crippen molar-refractivity contribution in [2.45, 2.75) is 18.8 Å². The summed E-state index contributed by atoms with van der Waals surface area (Å²) in [6.45, 7) is 2.79. The Balaban J connectivity index is 1.31. The lowest BCUT2D eigenvalue weighted by molar-refractivity contribution is -0.126. The van der Waals surface area contributed by atoms with Crippen LogP contribution in [0.4, 0.5) is 10.2 Å². The normalized spacial score (nSPS) is 17.7. The molecule has 0 atom stereocenters. The van der Waals surface area contributed by atoms with Gasteiger partial charge in [-0.1, -0.05) is 12.1 Å². The second-order valence-electron chi connectivity index (χ2n) is 6.79. The van der Waals surface area contributed by atoms with E-state index in [-0.39, 0.29) is 11.7 Å². The first kappa shape index (κ1) is 16.7. The second kappa shape index (κ2) is 7.23. The average molecular weight is 352 g/mol. The van der Waals surface area contributed by atoms with Crippen molar-refractivity contribution in [1.29, 1.82) is 0 Å². The molecule has 1 aliphatic heterocycles. The van der Waals surface area contributed by atoms with Crippen LogP contribution in [-0.2, 0) is 4.79 Å². The molecule has 0 unspecified atom stereocenters. The van der Waals surface area contributed by atoms with Gasteiger partial charge >= 0.3 is 0 Å². The summed E-state index contributed by atoms with van der Waals surface area (Å²) in [5.74, 6) is 1.18. The van der Waals surface area contributed by atoms with Crippen molar-refractivity contribution in [1.82, 2.24) is 15.1 Å². The summed E-state index contributed by atoms with van der Waals surface area (Å²) in [5, 5.41) is 8.67. The van der Waals surface area contributed by atoms with E-state index in [0.29, 0.717) is 19.0 Å². The zero-order valence-electron chi connectivity index (χ0n) is 14.5. The van der Waals surface area contributed by atoms with E-state index in [4.69, 9.17) is 0 Å². The predicted octanol–water partition coefficient (Wildman–Crippen LogP) is 2.86. The number of aromatic nitrogens is 2. The lowest BCUT2D eigenvalue weighted by Gasteiger charge is -2.34. The van der Waals surface area contributed by atoms with Gasteiger partial charge in [-0.05, 0) is 48.7 Å². The molecule has 1 amide bonds. The lowest BCUT2D eigenvalue weighted by atomic mass is 10.2. The first-order chi connectivity index (χ1) is 12.7. The summed E-state index contributed by atoms with van der Waals surface area (Å²) in [7, 11) is 0. The molecule has 134 valence electrons. The second-order valence-corrected chi connectivity index (χ2v) is 6.79. The minimum absolute atomic E-state index is 0.0239. The molecule has 1 aromatic carbocycles. The van der Waals surface area contributed by atoms with E-state index in [1.807, 2.05) is 11.0 Å². The molecular formula is C20H21FN4O. The molecule has 1 aromatic heterocycles. The Morgan fingerprint density at radius 3 is 2.35 bits per heavy atom. The quantitative estimate of drug-likeness (QED) is 0.794. The zero-order valence-corrected chi connectivity index (χ0v) is 14.5. The fourth-order valence-corrected chi connectivity index (χ4v) is 3.10. The monoisotopic (exact) mass is 352 g/mol. The number of carbonyl (C=O) groups is 1. The molecule has 1 aliphatic carbocycles. The molecule has 26 heavy (non-hydrogen) atoms. The van der Waals surface area contributed by atoms with Crippen LogP contribution in [0.3, 0.4) is 0 Å². The van der Waals surface area contributed by atoms with Crippen LogP contribution in [0.1, 0.15) is 30.0 Å². The summed E-state index contributed by atoms with van der Waals surface area (Å²) in [5.41, 5.74) is 1.90. The molecule has 2 aromatic rings. The maximum Gasteiger partial charge on any atom is 0.246 e. The van der Waals surface area contributed by atoms with Crippen LogP contribution in [-0.4, -0.2) is 47.2 Å². The molecule has 2 fully saturated rings. The van der Waals surface area contributed by atoms with Gasteiger partial charge in [0, 0.05) is 38.2 Å². The molecule has 5 nitrogen and oxygen atoms in total. The highest BCUT2D eigenvalue weighted by Gasteiger charge is 2.26. The summed E-state index contributed by atoms with van der Waals surface area (Å²) >= 11 is 0. The molecule has 0 spiro atoms. The highest BCUT2D eigenvalue weighted by atomic mass is 19.1. The molecule has 6 heteroatoms.